The maximum atomic E-state index is 11.6. The van der Waals surface area contributed by atoms with Crippen LogP contribution in [0.3, 0.4) is 0 Å². The van der Waals surface area contributed by atoms with Gasteiger partial charge in [0.05, 0.1) is 18.2 Å². The molecule has 1 unspecified atom stereocenters. The van der Waals surface area contributed by atoms with E-state index < -0.39 is 0 Å². The molecular weight excluding hydrogens is 330 g/mol. The number of anilines is 1. The normalized spacial score (nSPS) is 22.0. The number of nitrogens with zero attached hydrogens (tertiary/aromatic N) is 5. The molecule has 0 spiro atoms. The van der Waals surface area contributed by atoms with Crippen LogP contribution in [0.2, 0.25) is 0 Å². The van der Waals surface area contributed by atoms with Gasteiger partial charge in [-0.15, -0.1) is 0 Å². The van der Waals surface area contributed by atoms with Gasteiger partial charge in [0.1, 0.15) is 6.33 Å². The summed E-state index contributed by atoms with van der Waals surface area (Å²) in [7, 11) is 0. The molecule has 4 rings (SSSR count). The Hall–Kier alpha value is -2.25. The average Bonchev–Trinajstić information content (AvgIpc) is 2.68. The lowest BCUT2D eigenvalue weighted by Crippen LogP contribution is -2.53. The lowest BCUT2D eigenvalue weighted by Gasteiger charge is -2.39. The minimum Gasteiger partial charge on any atom is -0.373 e. The zero-order valence-corrected chi connectivity index (χ0v) is 15.2. The fourth-order valence-corrected chi connectivity index (χ4v) is 3.76. The molecule has 2 aliphatic rings. The molecule has 7 nitrogen and oxygen atoms in total. The van der Waals surface area contributed by atoms with Crippen molar-refractivity contribution in [2.45, 2.75) is 13.0 Å². The summed E-state index contributed by atoms with van der Waals surface area (Å²) in [5, 5.41) is 1.08. The van der Waals surface area contributed by atoms with E-state index in [2.05, 4.69) is 38.0 Å². The summed E-state index contributed by atoms with van der Waals surface area (Å²) in [6.45, 7) is 8.57. The number of carbonyl (C=O) groups excluding carboxylic acids is 1. The highest BCUT2D eigenvalue weighted by Crippen LogP contribution is 2.21. The molecule has 0 bridgehead atoms. The highest BCUT2D eigenvalue weighted by atomic mass is 16.5. The molecule has 0 N–H and O–H groups in total. The number of hydrogen-bond donors (Lipinski definition) is 0. The monoisotopic (exact) mass is 355 g/mol. The molecule has 1 atom stereocenters. The summed E-state index contributed by atoms with van der Waals surface area (Å²) in [5.41, 5.74) is 2.20. The van der Waals surface area contributed by atoms with Crippen molar-refractivity contribution in [2.75, 3.05) is 57.3 Å². The van der Waals surface area contributed by atoms with Gasteiger partial charge in [-0.25, -0.2) is 9.97 Å². The van der Waals surface area contributed by atoms with Gasteiger partial charge in [-0.05, 0) is 18.2 Å². The molecule has 0 aliphatic carbocycles. The summed E-state index contributed by atoms with van der Waals surface area (Å²) < 4.78 is 5.86. The Kier molecular flexibility index (Phi) is 4.99. The number of ether oxygens (including phenoxy) is 1. The summed E-state index contributed by atoms with van der Waals surface area (Å²) in [6.07, 6.45) is 3.57. The zero-order chi connectivity index (χ0) is 17.9. The quantitative estimate of drug-likeness (QED) is 0.819. The highest BCUT2D eigenvalue weighted by Gasteiger charge is 2.26. The molecule has 2 saturated heterocycles. The van der Waals surface area contributed by atoms with E-state index in [0.29, 0.717) is 19.7 Å². The second-order valence-electron chi connectivity index (χ2n) is 7.01. The van der Waals surface area contributed by atoms with Gasteiger partial charge < -0.3 is 14.5 Å². The number of piperazine rings is 1. The summed E-state index contributed by atoms with van der Waals surface area (Å²) in [5.74, 6) is 0.142. The Balaban J connectivity index is 1.32. The summed E-state index contributed by atoms with van der Waals surface area (Å²) >= 11 is 0. The minimum absolute atomic E-state index is 0.122. The van der Waals surface area contributed by atoms with Crippen LogP contribution < -0.4 is 4.90 Å². The van der Waals surface area contributed by atoms with E-state index >= 15 is 0 Å². The summed E-state index contributed by atoms with van der Waals surface area (Å²) in [6, 6.07) is 6.37. The lowest BCUT2D eigenvalue weighted by atomic mass is 10.2. The van der Waals surface area contributed by atoms with Crippen LogP contribution in [0, 0.1) is 0 Å². The van der Waals surface area contributed by atoms with Gasteiger partial charge in [0.25, 0.3) is 0 Å². The van der Waals surface area contributed by atoms with Crippen molar-refractivity contribution >= 4 is 22.5 Å². The van der Waals surface area contributed by atoms with E-state index in [0.717, 1.165) is 43.6 Å². The molecule has 0 radical (unpaired) electrons. The number of hydrogen-bond acceptors (Lipinski definition) is 6. The summed E-state index contributed by atoms with van der Waals surface area (Å²) in [4.78, 5) is 26.7. The van der Waals surface area contributed by atoms with Gasteiger partial charge in [-0.1, -0.05) is 0 Å². The molecule has 7 heteroatoms. The van der Waals surface area contributed by atoms with Crippen molar-refractivity contribution in [3.05, 3.63) is 30.7 Å². The number of rotatable bonds is 3. The van der Waals surface area contributed by atoms with Crippen molar-refractivity contribution in [3.8, 4) is 0 Å². The molecule has 26 heavy (non-hydrogen) atoms. The number of fused-ring (bicyclic) bond motifs is 1. The van der Waals surface area contributed by atoms with Crippen LogP contribution in [0.5, 0.6) is 0 Å². The Morgan fingerprint density at radius 3 is 2.88 bits per heavy atom. The van der Waals surface area contributed by atoms with Gasteiger partial charge in [-0.3, -0.25) is 9.69 Å². The number of aromatic nitrogens is 2. The number of amides is 1. The molecule has 138 valence electrons. The minimum atomic E-state index is 0.122. The molecule has 2 aromatic rings. The Morgan fingerprint density at radius 2 is 2.08 bits per heavy atom. The van der Waals surface area contributed by atoms with Crippen molar-refractivity contribution in [1.29, 1.82) is 0 Å². The fourth-order valence-electron chi connectivity index (χ4n) is 3.76. The third-order valence-electron chi connectivity index (χ3n) is 5.27. The van der Waals surface area contributed by atoms with Crippen LogP contribution in [0.1, 0.15) is 6.92 Å². The zero-order valence-electron chi connectivity index (χ0n) is 15.2. The molecule has 1 amide bonds. The Bertz CT molecular complexity index is 775. The predicted octanol–water partition coefficient (Wildman–Crippen LogP) is 0.999. The fraction of sp³-hybridized carbons (Fsp3) is 0.526. The molecule has 3 heterocycles. The average molecular weight is 355 g/mol. The SMILES string of the molecule is CC(=O)N1CCOC(CN2CCN(c3ccc4ncncc4c3)CC2)C1. The van der Waals surface area contributed by atoms with Gasteiger partial charge in [0.15, 0.2) is 0 Å². The van der Waals surface area contributed by atoms with Crippen molar-refractivity contribution in [3.63, 3.8) is 0 Å². The maximum absolute atomic E-state index is 11.6. The largest absolute Gasteiger partial charge is 0.373 e. The first kappa shape index (κ1) is 17.2. The second kappa shape index (κ2) is 7.55. The van der Waals surface area contributed by atoms with E-state index in [1.54, 1.807) is 13.3 Å². The van der Waals surface area contributed by atoms with E-state index in [-0.39, 0.29) is 12.0 Å². The van der Waals surface area contributed by atoms with Crippen LogP contribution in [-0.2, 0) is 9.53 Å². The van der Waals surface area contributed by atoms with Gasteiger partial charge in [-0.2, -0.15) is 0 Å². The smallest absolute Gasteiger partial charge is 0.219 e. The molecular formula is C19H25N5O2. The standard InChI is InChI=1S/C19H25N5O2/c1-15(25)24-8-9-26-18(13-24)12-22-4-6-23(7-5-22)17-2-3-19-16(10-17)11-20-14-21-19/h2-3,10-11,14,18H,4-9,12-13H2,1H3. The first-order chi connectivity index (χ1) is 12.7. The maximum Gasteiger partial charge on any atom is 0.219 e. The topological polar surface area (TPSA) is 61.8 Å². The number of carbonyl (C=O) groups is 1. The molecule has 0 saturated carbocycles. The second-order valence-corrected chi connectivity index (χ2v) is 7.01. The number of benzene rings is 1. The highest BCUT2D eigenvalue weighted by molar-refractivity contribution is 5.81. The van der Waals surface area contributed by atoms with Crippen LogP contribution >= 0.6 is 0 Å². The van der Waals surface area contributed by atoms with Crippen LogP contribution in [0.4, 0.5) is 5.69 Å². The van der Waals surface area contributed by atoms with Crippen LogP contribution in [-0.4, -0.2) is 84.2 Å². The molecule has 2 fully saturated rings. The third kappa shape index (κ3) is 3.78. The van der Waals surface area contributed by atoms with Crippen molar-refractivity contribution in [1.82, 2.24) is 19.8 Å². The molecule has 1 aromatic heterocycles. The van der Waals surface area contributed by atoms with Crippen molar-refractivity contribution in [2.24, 2.45) is 0 Å². The van der Waals surface area contributed by atoms with E-state index in [1.165, 1.54) is 5.69 Å². The van der Waals surface area contributed by atoms with Gasteiger partial charge in [0, 0.05) is 70.0 Å². The van der Waals surface area contributed by atoms with Crippen LogP contribution in [0.15, 0.2) is 30.7 Å². The Labute approximate surface area is 153 Å². The van der Waals surface area contributed by atoms with E-state index in [4.69, 9.17) is 4.74 Å². The Morgan fingerprint density at radius 1 is 1.23 bits per heavy atom. The number of morpholine rings is 1. The molecule has 1 aromatic carbocycles. The van der Waals surface area contributed by atoms with E-state index in [9.17, 15) is 4.79 Å². The van der Waals surface area contributed by atoms with Gasteiger partial charge >= 0.3 is 0 Å². The predicted molar refractivity (Wildman–Crippen MR) is 100 cm³/mol. The lowest BCUT2D eigenvalue weighted by molar-refractivity contribution is -0.137. The van der Waals surface area contributed by atoms with E-state index in [1.807, 2.05) is 11.1 Å². The first-order valence-electron chi connectivity index (χ1n) is 9.23. The van der Waals surface area contributed by atoms with Crippen LogP contribution in [0.25, 0.3) is 10.9 Å². The van der Waals surface area contributed by atoms with Gasteiger partial charge in [0.2, 0.25) is 5.91 Å². The van der Waals surface area contributed by atoms with Crippen molar-refractivity contribution < 1.29 is 9.53 Å². The third-order valence-corrected chi connectivity index (χ3v) is 5.27. The first-order valence-corrected chi connectivity index (χ1v) is 9.23. The molecule has 2 aliphatic heterocycles.